The number of imidazole rings is 1. The topological polar surface area (TPSA) is 98.6 Å². The van der Waals surface area contributed by atoms with Crippen molar-refractivity contribution in [3.8, 4) is 21.1 Å². The van der Waals surface area contributed by atoms with Crippen LogP contribution >= 0.6 is 34.3 Å². The van der Waals surface area contributed by atoms with Crippen molar-refractivity contribution in [3.63, 3.8) is 0 Å². The van der Waals surface area contributed by atoms with Crippen LogP contribution in [0.25, 0.3) is 21.1 Å². The summed E-state index contributed by atoms with van der Waals surface area (Å²) in [5, 5.41) is 16.5. The third kappa shape index (κ3) is 4.03. The average Bonchev–Trinajstić information content (AvgIpc) is 3.52. The number of aromatic amines is 1. The van der Waals surface area contributed by atoms with Crippen LogP contribution in [0, 0.1) is 0 Å². The SMILES string of the molecule is CCCCc1nc(Cl)c(C(=O)OC)n1Cc1ccc(-c2ccsc2-c2nn[nH]n2)s1. The van der Waals surface area contributed by atoms with Gasteiger partial charge in [-0.25, -0.2) is 9.78 Å². The molecule has 0 fully saturated rings. The highest BCUT2D eigenvalue weighted by Crippen LogP contribution is 2.38. The van der Waals surface area contributed by atoms with Gasteiger partial charge in [0.05, 0.1) is 18.5 Å². The summed E-state index contributed by atoms with van der Waals surface area (Å²) in [4.78, 5) is 19.9. The van der Waals surface area contributed by atoms with Crippen LogP contribution in [0.2, 0.25) is 5.15 Å². The molecule has 11 heteroatoms. The van der Waals surface area contributed by atoms with E-state index >= 15 is 0 Å². The Balaban J connectivity index is 1.66. The van der Waals surface area contributed by atoms with Crippen molar-refractivity contribution >= 4 is 40.2 Å². The van der Waals surface area contributed by atoms with Crippen LogP contribution in [0.15, 0.2) is 23.6 Å². The second-order valence-corrected chi connectivity index (χ2v) is 8.96. The van der Waals surface area contributed by atoms with Gasteiger partial charge in [-0.15, -0.1) is 32.9 Å². The van der Waals surface area contributed by atoms with E-state index in [4.69, 9.17) is 16.3 Å². The molecule has 0 atom stereocenters. The molecule has 0 aliphatic rings. The van der Waals surface area contributed by atoms with Gasteiger partial charge in [-0.3, -0.25) is 0 Å². The number of thiophene rings is 2. The first-order valence-corrected chi connectivity index (χ1v) is 11.4. The molecule has 0 spiro atoms. The number of nitrogens with zero attached hydrogens (tertiary/aromatic N) is 5. The molecule has 0 unspecified atom stereocenters. The predicted molar refractivity (Wildman–Crippen MR) is 117 cm³/mol. The maximum Gasteiger partial charge on any atom is 0.357 e. The number of nitrogens with one attached hydrogen (secondary N) is 1. The van der Waals surface area contributed by atoms with Crippen LogP contribution in [0.5, 0.6) is 0 Å². The molecule has 4 heterocycles. The number of aromatic nitrogens is 6. The zero-order chi connectivity index (χ0) is 21.1. The summed E-state index contributed by atoms with van der Waals surface area (Å²) in [5.74, 6) is 0.885. The van der Waals surface area contributed by atoms with Gasteiger partial charge >= 0.3 is 5.97 Å². The van der Waals surface area contributed by atoms with Gasteiger partial charge < -0.3 is 9.30 Å². The highest BCUT2D eigenvalue weighted by Gasteiger charge is 2.23. The Kier molecular flexibility index (Phi) is 6.26. The van der Waals surface area contributed by atoms with E-state index in [1.54, 1.807) is 22.7 Å². The molecule has 0 saturated carbocycles. The minimum Gasteiger partial charge on any atom is -0.464 e. The summed E-state index contributed by atoms with van der Waals surface area (Å²) in [5.41, 5.74) is 1.35. The van der Waals surface area contributed by atoms with E-state index in [2.05, 4.69) is 44.7 Å². The monoisotopic (exact) mass is 462 g/mol. The van der Waals surface area contributed by atoms with Crippen molar-refractivity contribution in [1.82, 2.24) is 30.2 Å². The lowest BCUT2D eigenvalue weighted by Crippen LogP contribution is -2.14. The van der Waals surface area contributed by atoms with Gasteiger partial charge in [0.2, 0.25) is 5.82 Å². The van der Waals surface area contributed by atoms with Gasteiger partial charge in [0.25, 0.3) is 0 Å². The lowest BCUT2D eigenvalue weighted by atomic mass is 10.2. The minimum atomic E-state index is -0.482. The highest BCUT2D eigenvalue weighted by molar-refractivity contribution is 7.17. The van der Waals surface area contributed by atoms with Gasteiger partial charge in [0.15, 0.2) is 10.8 Å². The van der Waals surface area contributed by atoms with E-state index < -0.39 is 5.97 Å². The van der Waals surface area contributed by atoms with Gasteiger partial charge in [0, 0.05) is 21.7 Å². The van der Waals surface area contributed by atoms with Gasteiger partial charge in [-0.05, 0) is 35.2 Å². The van der Waals surface area contributed by atoms with E-state index in [0.717, 1.165) is 45.3 Å². The maximum absolute atomic E-state index is 12.3. The molecule has 4 rings (SSSR count). The van der Waals surface area contributed by atoms with E-state index in [1.165, 1.54) is 7.11 Å². The van der Waals surface area contributed by atoms with Crippen LogP contribution in [-0.4, -0.2) is 43.3 Å². The summed E-state index contributed by atoms with van der Waals surface area (Å²) in [6.45, 7) is 2.61. The number of hydrogen-bond acceptors (Lipinski definition) is 8. The van der Waals surface area contributed by atoms with Crippen molar-refractivity contribution in [3.05, 3.63) is 45.1 Å². The molecule has 0 aromatic carbocycles. The second-order valence-electron chi connectivity index (χ2n) is 6.51. The fourth-order valence-electron chi connectivity index (χ4n) is 3.15. The lowest BCUT2D eigenvalue weighted by molar-refractivity contribution is 0.0589. The highest BCUT2D eigenvalue weighted by atomic mass is 35.5. The Bertz CT molecular complexity index is 1150. The molecule has 30 heavy (non-hydrogen) atoms. The van der Waals surface area contributed by atoms with E-state index in [1.807, 2.05) is 16.0 Å². The molecule has 1 N–H and O–H groups in total. The Morgan fingerprint density at radius 2 is 2.20 bits per heavy atom. The van der Waals surface area contributed by atoms with E-state index in [-0.39, 0.29) is 5.15 Å². The third-order valence-corrected chi connectivity index (χ3v) is 6.87. The fraction of sp³-hybridized carbons (Fsp3) is 0.316. The molecule has 156 valence electrons. The lowest BCUT2D eigenvalue weighted by Gasteiger charge is -2.10. The predicted octanol–water partition coefficient (Wildman–Crippen LogP) is 4.68. The average molecular weight is 463 g/mol. The Morgan fingerprint density at radius 1 is 1.33 bits per heavy atom. The molecule has 0 saturated heterocycles. The number of methoxy groups -OCH3 is 1. The number of ether oxygens (including phenoxy) is 1. The smallest absolute Gasteiger partial charge is 0.357 e. The van der Waals surface area contributed by atoms with Crippen molar-refractivity contribution in [2.24, 2.45) is 0 Å². The van der Waals surface area contributed by atoms with E-state index in [0.29, 0.717) is 18.1 Å². The molecule has 4 aromatic heterocycles. The van der Waals surface area contributed by atoms with Crippen LogP contribution in [0.1, 0.15) is 41.0 Å². The van der Waals surface area contributed by atoms with Crippen LogP contribution < -0.4 is 0 Å². The summed E-state index contributed by atoms with van der Waals surface area (Å²) < 4.78 is 6.80. The molecule has 0 amide bonds. The molecule has 0 radical (unpaired) electrons. The van der Waals surface area contributed by atoms with Crippen LogP contribution in [0.4, 0.5) is 0 Å². The summed E-state index contributed by atoms with van der Waals surface area (Å²) in [7, 11) is 1.35. The quantitative estimate of drug-likeness (QED) is 0.381. The Morgan fingerprint density at radius 3 is 2.93 bits per heavy atom. The zero-order valence-corrected chi connectivity index (χ0v) is 18.8. The molecule has 8 nitrogen and oxygen atoms in total. The Labute approximate surface area is 185 Å². The number of halogens is 1. The number of hydrogen-bond donors (Lipinski definition) is 1. The third-order valence-electron chi connectivity index (χ3n) is 4.59. The number of esters is 1. The molecular weight excluding hydrogens is 444 g/mol. The van der Waals surface area contributed by atoms with Crippen molar-refractivity contribution in [2.45, 2.75) is 32.7 Å². The van der Waals surface area contributed by atoms with Crippen molar-refractivity contribution < 1.29 is 9.53 Å². The molecular formula is C19H19ClN6O2S2. The number of rotatable bonds is 8. The normalized spacial score (nSPS) is 11.2. The number of H-pyrrole nitrogens is 1. The first kappa shape index (κ1) is 20.7. The number of unbranched alkanes of at least 4 members (excludes halogenated alkanes) is 1. The largest absolute Gasteiger partial charge is 0.464 e. The van der Waals surface area contributed by atoms with Crippen molar-refractivity contribution in [2.75, 3.05) is 7.11 Å². The molecule has 0 aliphatic carbocycles. The number of aryl methyl sites for hydroxylation is 1. The summed E-state index contributed by atoms with van der Waals surface area (Å²) in [6, 6.07) is 6.16. The maximum atomic E-state index is 12.3. The second kappa shape index (κ2) is 9.07. The number of carbonyl (C=O) groups excluding carboxylic acids is 1. The molecule has 4 aromatic rings. The summed E-state index contributed by atoms with van der Waals surface area (Å²) in [6.07, 6.45) is 2.74. The standard InChI is InChI=1S/C19H19ClN6O2S2/c1-3-4-5-14-21-17(20)15(19(27)28-2)26(14)10-11-6-7-13(30-11)12-8-9-29-16(12)18-22-24-25-23-18/h6-9H,3-5,10H2,1-2H3,(H,22,23,24,25). The molecule has 0 bridgehead atoms. The first-order chi connectivity index (χ1) is 14.6. The van der Waals surface area contributed by atoms with Gasteiger partial charge in [-0.1, -0.05) is 24.9 Å². The number of carbonyl (C=O) groups is 1. The molecule has 0 aliphatic heterocycles. The van der Waals surface area contributed by atoms with Gasteiger partial charge in [0.1, 0.15) is 5.82 Å². The Hall–Kier alpha value is -2.56. The van der Waals surface area contributed by atoms with E-state index in [9.17, 15) is 4.79 Å². The fourth-order valence-corrected chi connectivity index (χ4v) is 5.36. The first-order valence-electron chi connectivity index (χ1n) is 9.36. The van der Waals surface area contributed by atoms with Crippen LogP contribution in [-0.2, 0) is 17.7 Å². The minimum absolute atomic E-state index is 0.182. The summed E-state index contributed by atoms with van der Waals surface area (Å²) >= 11 is 9.49. The van der Waals surface area contributed by atoms with Crippen molar-refractivity contribution in [1.29, 1.82) is 0 Å². The van der Waals surface area contributed by atoms with Crippen LogP contribution in [0.3, 0.4) is 0 Å². The zero-order valence-electron chi connectivity index (χ0n) is 16.4. The van der Waals surface area contributed by atoms with Gasteiger partial charge in [-0.2, -0.15) is 5.21 Å². The number of tetrazole rings is 1.